The number of hydrogen-bond acceptors (Lipinski definition) is 12. The summed E-state index contributed by atoms with van der Waals surface area (Å²) >= 11 is 0. The second kappa shape index (κ2) is 25.0. The minimum atomic E-state index is -1.05. The number of aliphatic hydroxyl groups excluding tert-OH is 1. The number of phenols is 1. The third-order valence-electron chi connectivity index (χ3n) is 10.4. The standard InChI is InChI=1S/C41H66N10O7/c1-25-12-13-26-18-28(25)20-34(51-40(57)32(11-9-16-42-2)50-41(58)33(45-5)21-29-19-27(26)14-15-36(29)53)38(55)49-24-35(46-6)39(56)47-17-8-7-10-31(44-4)37(54)48-23-30(52)22-43-3/h12-15,18-19,30-35,42-46,52-53H,7-11,16-17,20-24H2,1-6H3,(H,47,56)(H,48,54)(H,49,55)(H,50,58)(H,51,57)/t30?,31-,32-,33-,34-,35-/m0/s1. The van der Waals surface area contributed by atoms with Crippen molar-refractivity contribution in [1.29, 1.82) is 0 Å². The molecule has 6 atom stereocenters. The first-order valence-corrected chi connectivity index (χ1v) is 20.2. The van der Waals surface area contributed by atoms with Crippen LogP contribution in [0, 0.1) is 6.92 Å². The number of aromatic hydroxyl groups is 1. The molecule has 1 aliphatic heterocycles. The van der Waals surface area contributed by atoms with Gasteiger partial charge < -0.3 is 63.4 Å². The maximum absolute atomic E-state index is 14.0. The van der Waals surface area contributed by atoms with Crippen LogP contribution in [0.4, 0.5) is 0 Å². The molecule has 0 spiro atoms. The number of rotatable bonds is 21. The summed E-state index contributed by atoms with van der Waals surface area (Å²) in [7, 11) is 8.48. The highest BCUT2D eigenvalue weighted by molar-refractivity contribution is 5.93. The molecule has 0 aromatic heterocycles. The second-order valence-corrected chi connectivity index (χ2v) is 14.8. The average Bonchev–Trinajstić information content (AvgIpc) is 3.21. The van der Waals surface area contributed by atoms with Crippen LogP contribution in [0.5, 0.6) is 5.75 Å². The fraction of sp³-hybridized carbons (Fsp3) is 0.585. The number of amides is 5. The van der Waals surface area contributed by atoms with Crippen LogP contribution in [-0.2, 0) is 36.8 Å². The number of carbonyl (C=O) groups is 5. The van der Waals surface area contributed by atoms with E-state index in [0.717, 1.165) is 22.3 Å². The third kappa shape index (κ3) is 14.9. The summed E-state index contributed by atoms with van der Waals surface area (Å²) in [6.45, 7) is 3.34. The van der Waals surface area contributed by atoms with Gasteiger partial charge >= 0.3 is 0 Å². The predicted molar refractivity (Wildman–Crippen MR) is 224 cm³/mol. The quantitative estimate of drug-likeness (QED) is 0.0632. The van der Waals surface area contributed by atoms with Crippen molar-refractivity contribution in [3.8, 4) is 16.9 Å². The zero-order chi connectivity index (χ0) is 42.6. The fourth-order valence-electron chi connectivity index (χ4n) is 6.79. The summed E-state index contributed by atoms with van der Waals surface area (Å²) in [5, 5.41) is 49.8. The first kappa shape index (κ1) is 47.7. The number of aryl methyl sites for hydroxylation is 1. The molecule has 0 aliphatic carbocycles. The monoisotopic (exact) mass is 811 g/mol. The van der Waals surface area contributed by atoms with Crippen LogP contribution in [0.1, 0.15) is 48.8 Å². The minimum absolute atomic E-state index is 0.0557. The van der Waals surface area contributed by atoms with Gasteiger partial charge in [0.15, 0.2) is 0 Å². The van der Waals surface area contributed by atoms with Gasteiger partial charge in [0, 0.05) is 39.0 Å². The van der Waals surface area contributed by atoms with Gasteiger partial charge in [0.05, 0.1) is 18.2 Å². The van der Waals surface area contributed by atoms with Crippen molar-refractivity contribution >= 4 is 29.5 Å². The maximum Gasteiger partial charge on any atom is 0.243 e. The molecule has 12 N–H and O–H groups in total. The number of benzene rings is 2. The third-order valence-corrected chi connectivity index (χ3v) is 10.4. The molecular formula is C41H66N10O7. The number of unbranched alkanes of at least 4 members (excludes halogenated alkanes) is 1. The van der Waals surface area contributed by atoms with E-state index in [1.54, 1.807) is 47.4 Å². The summed E-state index contributed by atoms with van der Waals surface area (Å²) < 4.78 is 0. The van der Waals surface area contributed by atoms with Crippen molar-refractivity contribution in [2.24, 2.45) is 0 Å². The molecule has 58 heavy (non-hydrogen) atoms. The van der Waals surface area contributed by atoms with Crippen LogP contribution < -0.4 is 53.2 Å². The zero-order valence-corrected chi connectivity index (χ0v) is 34.8. The van der Waals surface area contributed by atoms with Gasteiger partial charge in [0.1, 0.15) is 23.9 Å². The number of nitrogens with one attached hydrogen (secondary N) is 10. The highest BCUT2D eigenvalue weighted by atomic mass is 16.3. The summed E-state index contributed by atoms with van der Waals surface area (Å²) in [5.74, 6) is -1.90. The van der Waals surface area contributed by atoms with Crippen LogP contribution in [0.2, 0.25) is 0 Å². The Hall–Kier alpha value is -4.65. The molecule has 0 radical (unpaired) electrons. The molecule has 1 heterocycles. The van der Waals surface area contributed by atoms with Gasteiger partial charge in [-0.15, -0.1) is 0 Å². The first-order valence-electron chi connectivity index (χ1n) is 20.2. The molecule has 0 saturated carbocycles. The second-order valence-electron chi connectivity index (χ2n) is 14.8. The summed E-state index contributed by atoms with van der Waals surface area (Å²) in [4.78, 5) is 67.2. The lowest BCUT2D eigenvalue weighted by atomic mass is 9.93. The number of likely N-dealkylation sites (N-methyl/N-ethyl adjacent to an activating group) is 4. The van der Waals surface area contributed by atoms with E-state index < -0.39 is 54.0 Å². The maximum atomic E-state index is 14.0. The minimum Gasteiger partial charge on any atom is -0.508 e. The summed E-state index contributed by atoms with van der Waals surface area (Å²) in [5.41, 5.74) is 3.96. The largest absolute Gasteiger partial charge is 0.508 e. The van der Waals surface area contributed by atoms with E-state index in [-0.39, 0.29) is 43.5 Å². The molecule has 1 aliphatic rings. The number of carbonyl (C=O) groups excluding carboxylic acids is 5. The Bertz CT molecular complexity index is 1660. The normalized spacial score (nSPS) is 18.7. The van der Waals surface area contributed by atoms with Gasteiger partial charge in [-0.2, -0.15) is 0 Å². The zero-order valence-electron chi connectivity index (χ0n) is 34.8. The Labute approximate surface area is 342 Å². The predicted octanol–water partition coefficient (Wildman–Crippen LogP) is -1.70. The lowest BCUT2D eigenvalue weighted by Crippen LogP contribution is -2.58. The molecule has 3 rings (SSSR count). The Kier molecular flexibility index (Phi) is 20.5. The number of phenolic OH excluding ortho intramolecular Hbond substituents is 1. The van der Waals surface area contributed by atoms with E-state index in [9.17, 15) is 34.2 Å². The average molecular weight is 811 g/mol. The van der Waals surface area contributed by atoms with Gasteiger partial charge in [-0.1, -0.05) is 24.3 Å². The molecule has 322 valence electrons. The van der Waals surface area contributed by atoms with Crippen molar-refractivity contribution in [2.45, 2.75) is 88.2 Å². The van der Waals surface area contributed by atoms with E-state index in [1.165, 1.54) is 0 Å². The molecule has 17 nitrogen and oxygen atoms in total. The highest BCUT2D eigenvalue weighted by Crippen LogP contribution is 2.29. The van der Waals surface area contributed by atoms with Gasteiger partial charge in [-0.05, 0) is 121 Å². The van der Waals surface area contributed by atoms with Crippen LogP contribution >= 0.6 is 0 Å². The Morgan fingerprint density at radius 3 is 2.10 bits per heavy atom. The van der Waals surface area contributed by atoms with Crippen molar-refractivity contribution in [1.82, 2.24) is 53.2 Å². The van der Waals surface area contributed by atoms with Crippen molar-refractivity contribution in [3.63, 3.8) is 0 Å². The number of hydrogen-bond donors (Lipinski definition) is 12. The van der Waals surface area contributed by atoms with Gasteiger partial charge in [0.25, 0.3) is 0 Å². The Morgan fingerprint density at radius 1 is 0.741 bits per heavy atom. The van der Waals surface area contributed by atoms with E-state index in [2.05, 4.69) is 53.2 Å². The Balaban J connectivity index is 1.74. The Morgan fingerprint density at radius 2 is 1.43 bits per heavy atom. The first-order chi connectivity index (χ1) is 27.8. The van der Waals surface area contributed by atoms with Crippen molar-refractivity contribution < 1.29 is 34.2 Å². The summed E-state index contributed by atoms with van der Waals surface area (Å²) in [6, 6.07) is 7.14. The van der Waals surface area contributed by atoms with Gasteiger partial charge in [-0.25, -0.2) is 0 Å². The molecule has 2 aromatic carbocycles. The number of aliphatic hydroxyl groups is 1. The molecule has 0 fully saturated rings. The van der Waals surface area contributed by atoms with Crippen LogP contribution in [0.3, 0.4) is 0 Å². The van der Waals surface area contributed by atoms with E-state index in [1.807, 2.05) is 31.2 Å². The smallest absolute Gasteiger partial charge is 0.243 e. The molecule has 0 saturated heterocycles. The van der Waals surface area contributed by atoms with Crippen molar-refractivity contribution in [3.05, 3.63) is 53.1 Å². The van der Waals surface area contributed by atoms with Crippen LogP contribution in [-0.4, -0.2) is 144 Å². The number of fused-ring (bicyclic) bond motifs is 5. The van der Waals surface area contributed by atoms with E-state index in [4.69, 9.17) is 0 Å². The molecular weight excluding hydrogens is 745 g/mol. The molecule has 5 amide bonds. The molecule has 17 heteroatoms. The van der Waals surface area contributed by atoms with Crippen LogP contribution in [0.25, 0.3) is 11.1 Å². The topological polar surface area (TPSA) is 246 Å². The van der Waals surface area contributed by atoms with Gasteiger partial charge in [-0.3, -0.25) is 24.0 Å². The lowest BCUT2D eigenvalue weighted by Gasteiger charge is -2.26. The van der Waals surface area contributed by atoms with Gasteiger partial charge in [0.2, 0.25) is 29.5 Å². The highest BCUT2D eigenvalue weighted by Gasteiger charge is 2.31. The molecule has 4 bridgehead atoms. The van der Waals surface area contributed by atoms with Crippen LogP contribution in [0.15, 0.2) is 36.4 Å². The van der Waals surface area contributed by atoms with E-state index in [0.29, 0.717) is 57.3 Å². The van der Waals surface area contributed by atoms with Crippen molar-refractivity contribution in [2.75, 3.05) is 68.0 Å². The summed E-state index contributed by atoms with van der Waals surface area (Å²) in [6.07, 6.45) is 2.31. The lowest BCUT2D eigenvalue weighted by molar-refractivity contribution is -0.132. The van der Waals surface area contributed by atoms with E-state index >= 15 is 0 Å². The SMILES string of the molecule is CNCCC[C@@H]1NC(=O)[C@@H](NC)Cc2cc(ccc2O)-c2ccc(C)c(c2)C[C@@H](C(=O)NC[C@H](NC)C(=O)NCCCC[C@H](NC)C(=O)NCC(O)CNC)NC1=O. The molecule has 2 aromatic rings. The fourth-order valence-corrected chi connectivity index (χ4v) is 6.79. The molecule has 1 unspecified atom stereocenters.